The van der Waals surface area contributed by atoms with Crippen LogP contribution in [0.15, 0.2) is 48.5 Å². The van der Waals surface area contributed by atoms with Gasteiger partial charge in [0.15, 0.2) is 0 Å². The van der Waals surface area contributed by atoms with E-state index in [1.54, 1.807) is 12.1 Å². The van der Waals surface area contributed by atoms with E-state index in [-0.39, 0.29) is 11.6 Å². The molecule has 0 radical (unpaired) electrons. The summed E-state index contributed by atoms with van der Waals surface area (Å²) in [5, 5.41) is 8.66. The molecule has 120 valence electrons. The predicted molar refractivity (Wildman–Crippen MR) is 78.1 cm³/mol. The molecule has 2 aromatic rings. The van der Waals surface area contributed by atoms with Gasteiger partial charge in [-0.3, -0.25) is 0 Å². The fourth-order valence-corrected chi connectivity index (χ4v) is 1.72. The van der Waals surface area contributed by atoms with Gasteiger partial charge in [-0.15, -0.1) is 0 Å². The quantitative estimate of drug-likeness (QED) is 0.733. The van der Waals surface area contributed by atoms with Crippen LogP contribution in [0.25, 0.3) is 0 Å². The zero-order valence-corrected chi connectivity index (χ0v) is 12.2. The molecule has 2 rings (SSSR count). The maximum Gasteiger partial charge on any atom is 0.416 e. The lowest BCUT2D eigenvalue weighted by molar-refractivity contribution is -0.137. The predicted octanol–water partition coefficient (Wildman–Crippen LogP) is 5.58. The van der Waals surface area contributed by atoms with Crippen LogP contribution in [0.4, 0.5) is 17.6 Å². The third kappa shape index (κ3) is 6.61. The Hall–Kier alpha value is -2.04. The molecule has 0 atom stereocenters. The molecule has 0 aliphatic carbocycles. The summed E-state index contributed by atoms with van der Waals surface area (Å²) in [4.78, 5) is 0. The van der Waals surface area contributed by atoms with Gasteiger partial charge in [-0.2, -0.15) is 13.2 Å². The van der Waals surface area contributed by atoms with Crippen LogP contribution in [-0.4, -0.2) is 5.11 Å². The SMILES string of the molecule is CCCCc1cccc(F)c1.Oc1ccc(C(F)(F)F)cc1. The highest BCUT2D eigenvalue weighted by Gasteiger charge is 2.29. The molecule has 22 heavy (non-hydrogen) atoms. The standard InChI is InChI=1S/C10H13F.C7H5F3O/c1-2-3-5-9-6-4-7-10(11)8-9;8-7(9,10)5-1-3-6(11)4-2-5/h4,6-8H,2-3,5H2,1H3;1-4,11H. The summed E-state index contributed by atoms with van der Waals surface area (Å²) in [5.41, 5.74) is 0.349. The average molecular weight is 314 g/mol. The normalized spacial score (nSPS) is 10.8. The van der Waals surface area contributed by atoms with Crippen molar-refractivity contribution in [2.45, 2.75) is 32.4 Å². The molecule has 0 saturated heterocycles. The van der Waals surface area contributed by atoms with Gasteiger partial charge in [-0.1, -0.05) is 25.5 Å². The van der Waals surface area contributed by atoms with Crippen molar-refractivity contribution >= 4 is 0 Å². The minimum atomic E-state index is -4.33. The first-order valence-corrected chi connectivity index (χ1v) is 6.93. The first-order valence-electron chi connectivity index (χ1n) is 6.93. The second kappa shape index (κ2) is 8.41. The molecule has 0 aliphatic rings. The first kappa shape index (κ1) is 18.0. The number of hydrogen-bond donors (Lipinski definition) is 1. The molecule has 0 amide bonds. The second-order valence-corrected chi connectivity index (χ2v) is 4.78. The van der Waals surface area contributed by atoms with Crippen LogP contribution in [-0.2, 0) is 12.6 Å². The molecule has 0 unspecified atom stereocenters. The van der Waals surface area contributed by atoms with Crippen molar-refractivity contribution in [1.82, 2.24) is 0 Å². The first-order chi connectivity index (χ1) is 10.3. The van der Waals surface area contributed by atoms with Crippen molar-refractivity contribution in [1.29, 1.82) is 0 Å². The molecule has 0 fully saturated rings. The van der Waals surface area contributed by atoms with Gasteiger partial charge in [0.05, 0.1) is 5.56 Å². The summed E-state index contributed by atoms with van der Waals surface area (Å²) < 4.78 is 48.1. The summed E-state index contributed by atoms with van der Waals surface area (Å²) in [6, 6.07) is 10.5. The van der Waals surface area contributed by atoms with Crippen molar-refractivity contribution in [2.75, 3.05) is 0 Å². The Balaban J connectivity index is 0.000000220. The van der Waals surface area contributed by atoms with E-state index in [1.807, 2.05) is 6.07 Å². The van der Waals surface area contributed by atoms with E-state index >= 15 is 0 Å². The molecule has 0 saturated carbocycles. The Morgan fingerprint density at radius 3 is 2.14 bits per heavy atom. The van der Waals surface area contributed by atoms with Crippen molar-refractivity contribution in [3.63, 3.8) is 0 Å². The Kier molecular flexibility index (Phi) is 6.89. The second-order valence-electron chi connectivity index (χ2n) is 4.78. The van der Waals surface area contributed by atoms with Crippen LogP contribution < -0.4 is 0 Å². The van der Waals surface area contributed by atoms with Gasteiger partial charge in [0, 0.05) is 0 Å². The highest BCUT2D eigenvalue weighted by Crippen LogP contribution is 2.29. The van der Waals surface area contributed by atoms with Gasteiger partial charge in [-0.25, -0.2) is 4.39 Å². The van der Waals surface area contributed by atoms with Gasteiger partial charge < -0.3 is 5.11 Å². The Morgan fingerprint density at radius 1 is 1.00 bits per heavy atom. The highest BCUT2D eigenvalue weighted by atomic mass is 19.4. The Bertz CT molecular complexity index is 562. The molecular weight excluding hydrogens is 296 g/mol. The van der Waals surface area contributed by atoms with E-state index in [4.69, 9.17) is 5.11 Å². The van der Waals surface area contributed by atoms with E-state index in [2.05, 4.69) is 6.92 Å². The van der Waals surface area contributed by atoms with E-state index in [0.29, 0.717) is 0 Å². The molecule has 5 heteroatoms. The fourth-order valence-electron chi connectivity index (χ4n) is 1.72. The molecule has 1 nitrogen and oxygen atoms in total. The van der Waals surface area contributed by atoms with Crippen molar-refractivity contribution in [3.05, 3.63) is 65.5 Å². The van der Waals surface area contributed by atoms with Gasteiger partial charge >= 0.3 is 6.18 Å². The highest BCUT2D eigenvalue weighted by molar-refractivity contribution is 5.27. The smallest absolute Gasteiger partial charge is 0.416 e. The number of rotatable bonds is 3. The van der Waals surface area contributed by atoms with E-state index in [1.165, 1.54) is 6.07 Å². The minimum absolute atomic E-state index is 0.126. The third-order valence-electron chi connectivity index (χ3n) is 2.90. The van der Waals surface area contributed by atoms with E-state index in [9.17, 15) is 17.6 Å². The molecule has 0 spiro atoms. The van der Waals surface area contributed by atoms with E-state index < -0.39 is 11.7 Å². The molecule has 0 heterocycles. The average Bonchev–Trinajstić information content (AvgIpc) is 2.45. The van der Waals surface area contributed by atoms with Crippen LogP contribution in [0.2, 0.25) is 0 Å². The summed E-state index contributed by atoms with van der Waals surface area (Å²) in [7, 11) is 0. The zero-order valence-electron chi connectivity index (χ0n) is 12.2. The topological polar surface area (TPSA) is 20.2 Å². The van der Waals surface area contributed by atoms with E-state index in [0.717, 1.165) is 49.1 Å². The van der Waals surface area contributed by atoms with Crippen molar-refractivity contribution in [3.8, 4) is 5.75 Å². The number of aromatic hydroxyl groups is 1. The molecule has 2 aromatic carbocycles. The monoisotopic (exact) mass is 314 g/mol. The van der Waals surface area contributed by atoms with Gasteiger partial charge in [0.25, 0.3) is 0 Å². The number of hydrogen-bond acceptors (Lipinski definition) is 1. The molecule has 1 N–H and O–H groups in total. The Morgan fingerprint density at radius 2 is 1.64 bits per heavy atom. The Labute approximate surface area is 127 Å². The summed E-state index contributed by atoms with van der Waals surface area (Å²) in [6.45, 7) is 2.14. The maximum absolute atomic E-state index is 12.6. The minimum Gasteiger partial charge on any atom is -0.508 e. The number of benzene rings is 2. The van der Waals surface area contributed by atoms with Crippen LogP contribution >= 0.6 is 0 Å². The summed E-state index contributed by atoms with van der Waals surface area (Å²) in [5.74, 6) is -0.295. The number of aryl methyl sites for hydroxylation is 1. The zero-order chi connectivity index (χ0) is 16.6. The molecule has 0 bridgehead atoms. The third-order valence-corrected chi connectivity index (χ3v) is 2.90. The lowest BCUT2D eigenvalue weighted by Gasteiger charge is -2.04. The van der Waals surface area contributed by atoms with Crippen LogP contribution in [0.1, 0.15) is 30.9 Å². The number of unbranched alkanes of at least 4 members (excludes halogenated alkanes) is 1. The molecule has 0 aliphatic heterocycles. The largest absolute Gasteiger partial charge is 0.508 e. The van der Waals surface area contributed by atoms with Gasteiger partial charge in [0.2, 0.25) is 0 Å². The number of phenolic OH excluding ortho intramolecular Hbond substituents is 1. The maximum atomic E-state index is 12.6. The van der Waals surface area contributed by atoms with Gasteiger partial charge in [-0.05, 0) is 54.8 Å². The van der Waals surface area contributed by atoms with Gasteiger partial charge in [0.1, 0.15) is 11.6 Å². The van der Waals surface area contributed by atoms with Crippen LogP contribution in [0.3, 0.4) is 0 Å². The lowest BCUT2D eigenvalue weighted by atomic mass is 10.1. The fraction of sp³-hybridized carbons (Fsp3) is 0.294. The summed E-state index contributed by atoms with van der Waals surface area (Å²) >= 11 is 0. The molecule has 0 aromatic heterocycles. The number of halogens is 4. The van der Waals surface area contributed by atoms with Crippen molar-refractivity contribution in [2.24, 2.45) is 0 Å². The lowest BCUT2D eigenvalue weighted by Crippen LogP contribution is -2.03. The number of alkyl halides is 3. The molecular formula is C17H18F4O. The van der Waals surface area contributed by atoms with Crippen LogP contribution in [0, 0.1) is 5.82 Å². The summed E-state index contributed by atoms with van der Waals surface area (Å²) in [6.07, 6.45) is -1.03. The number of phenols is 1. The van der Waals surface area contributed by atoms with Crippen molar-refractivity contribution < 1.29 is 22.7 Å². The van der Waals surface area contributed by atoms with Crippen LogP contribution in [0.5, 0.6) is 5.75 Å².